The molecule has 1 saturated carbocycles. The normalized spacial score (nSPS) is 26.4. The Morgan fingerprint density at radius 1 is 1.26 bits per heavy atom. The van der Waals surface area contributed by atoms with Crippen LogP contribution in [0.15, 0.2) is 0 Å². The van der Waals surface area contributed by atoms with Crippen LogP contribution < -0.4 is 11.1 Å². The van der Waals surface area contributed by atoms with Gasteiger partial charge in [-0.05, 0) is 26.8 Å². The summed E-state index contributed by atoms with van der Waals surface area (Å²) in [5.74, 6) is -0.270. The predicted molar refractivity (Wildman–Crippen MR) is 76.9 cm³/mol. The van der Waals surface area contributed by atoms with Gasteiger partial charge in [0.05, 0.1) is 0 Å². The van der Waals surface area contributed by atoms with Crippen molar-refractivity contribution in [3.8, 4) is 0 Å². The fraction of sp³-hybridized carbons (Fsp3) is 0.929. The van der Waals surface area contributed by atoms with Crippen LogP contribution in [0.1, 0.15) is 32.6 Å². The number of rotatable bonds is 5. The fourth-order valence-electron chi connectivity index (χ4n) is 3.28. The lowest BCUT2D eigenvalue weighted by Crippen LogP contribution is -2.61. The molecule has 1 amide bonds. The van der Waals surface area contributed by atoms with E-state index < -0.39 is 5.54 Å². The third-order valence-electron chi connectivity index (χ3n) is 4.88. The SMILES string of the molecule is CNC(C)(CN1CCN(C2CCCC2)CC1)C(N)=O. The maximum Gasteiger partial charge on any atom is 0.238 e. The Balaban J connectivity index is 1.81. The Morgan fingerprint density at radius 3 is 2.32 bits per heavy atom. The Kier molecular flexibility index (Phi) is 4.81. The van der Waals surface area contributed by atoms with E-state index in [0.29, 0.717) is 6.54 Å². The standard InChI is InChI=1S/C14H28N4O/c1-14(16-2,13(15)19)11-17-7-9-18(10-8-17)12-5-3-4-6-12/h12,16H,3-11H2,1-2H3,(H2,15,19). The van der Waals surface area contributed by atoms with Crippen molar-refractivity contribution in [1.82, 2.24) is 15.1 Å². The number of nitrogens with zero attached hydrogens (tertiary/aromatic N) is 2. The van der Waals surface area contributed by atoms with E-state index in [2.05, 4.69) is 15.1 Å². The Bertz CT molecular complexity index is 309. The quantitative estimate of drug-likeness (QED) is 0.737. The van der Waals surface area contributed by atoms with E-state index in [9.17, 15) is 4.79 Å². The lowest BCUT2D eigenvalue weighted by Gasteiger charge is -2.41. The summed E-state index contributed by atoms with van der Waals surface area (Å²) in [5, 5.41) is 3.06. The molecule has 1 atom stereocenters. The molecule has 0 aromatic carbocycles. The topological polar surface area (TPSA) is 61.6 Å². The van der Waals surface area contributed by atoms with E-state index in [1.807, 2.05) is 6.92 Å². The second-order valence-corrected chi connectivity index (χ2v) is 6.20. The molecule has 0 bridgehead atoms. The lowest BCUT2D eigenvalue weighted by molar-refractivity contribution is -0.124. The molecule has 2 rings (SSSR count). The number of primary amides is 1. The monoisotopic (exact) mass is 268 g/mol. The summed E-state index contributed by atoms with van der Waals surface area (Å²) in [6.45, 7) is 6.94. The molecular weight excluding hydrogens is 240 g/mol. The molecule has 5 nitrogen and oxygen atoms in total. The second kappa shape index (κ2) is 6.20. The zero-order valence-electron chi connectivity index (χ0n) is 12.3. The molecule has 110 valence electrons. The third kappa shape index (κ3) is 3.46. The van der Waals surface area contributed by atoms with Crippen molar-refractivity contribution >= 4 is 5.91 Å². The summed E-state index contributed by atoms with van der Waals surface area (Å²) in [6, 6.07) is 0.814. The molecule has 1 unspecified atom stereocenters. The highest BCUT2D eigenvalue weighted by atomic mass is 16.1. The molecule has 2 aliphatic rings. The molecule has 5 heteroatoms. The zero-order chi connectivity index (χ0) is 13.9. The van der Waals surface area contributed by atoms with E-state index >= 15 is 0 Å². The van der Waals surface area contributed by atoms with Gasteiger partial charge in [0.2, 0.25) is 5.91 Å². The summed E-state index contributed by atoms with van der Waals surface area (Å²) in [5.41, 5.74) is 4.87. The smallest absolute Gasteiger partial charge is 0.238 e. The number of nitrogens with two attached hydrogens (primary N) is 1. The molecule has 2 fully saturated rings. The molecule has 3 N–H and O–H groups in total. The molecule has 19 heavy (non-hydrogen) atoms. The number of likely N-dealkylation sites (N-methyl/N-ethyl adjacent to an activating group) is 1. The van der Waals surface area contributed by atoms with Crippen LogP contribution in [0.25, 0.3) is 0 Å². The number of hydrogen-bond donors (Lipinski definition) is 2. The summed E-state index contributed by atoms with van der Waals surface area (Å²) < 4.78 is 0. The first kappa shape index (κ1) is 14.8. The number of nitrogens with one attached hydrogen (secondary N) is 1. The van der Waals surface area contributed by atoms with Gasteiger partial charge in [-0.15, -0.1) is 0 Å². The largest absolute Gasteiger partial charge is 0.368 e. The van der Waals surface area contributed by atoms with Crippen molar-refractivity contribution < 1.29 is 4.79 Å². The van der Waals surface area contributed by atoms with Crippen molar-refractivity contribution in [1.29, 1.82) is 0 Å². The van der Waals surface area contributed by atoms with Gasteiger partial charge < -0.3 is 11.1 Å². The van der Waals surface area contributed by atoms with Crippen LogP contribution in [0.2, 0.25) is 0 Å². The van der Waals surface area contributed by atoms with Crippen molar-refractivity contribution in [3.63, 3.8) is 0 Å². The van der Waals surface area contributed by atoms with Crippen molar-refractivity contribution in [2.45, 2.75) is 44.2 Å². The Hall–Kier alpha value is -0.650. The number of carbonyl (C=O) groups is 1. The van der Waals surface area contributed by atoms with Gasteiger partial charge in [0.25, 0.3) is 0 Å². The first-order valence-corrected chi connectivity index (χ1v) is 7.50. The average molecular weight is 268 g/mol. The number of hydrogen-bond acceptors (Lipinski definition) is 4. The highest BCUT2D eigenvalue weighted by Gasteiger charge is 2.33. The molecule has 1 saturated heterocycles. The van der Waals surface area contributed by atoms with E-state index in [1.165, 1.54) is 25.7 Å². The van der Waals surface area contributed by atoms with Gasteiger partial charge >= 0.3 is 0 Å². The minimum absolute atomic E-state index is 0.270. The minimum atomic E-state index is -0.616. The molecular formula is C14H28N4O. The highest BCUT2D eigenvalue weighted by Crippen LogP contribution is 2.24. The summed E-state index contributed by atoms with van der Waals surface area (Å²) in [6.07, 6.45) is 5.53. The molecule has 0 radical (unpaired) electrons. The molecule has 0 aromatic heterocycles. The van der Waals surface area contributed by atoms with E-state index in [4.69, 9.17) is 5.73 Å². The van der Waals surface area contributed by atoms with Gasteiger partial charge in [-0.1, -0.05) is 12.8 Å². The first-order chi connectivity index (χ1) is 9.05. The minimum Gasteiger partial charge on any atom is -0.368 e. The number of amides is 1. The summed E-state index contributed by atoms with van der Waals surface area (Å²) in [4.78, 5) is 16.5. The van der Waals surface area contributed by atoms with Gasteiger partial charge in [-0.25, -0.2) is 0 Å². The van der Waals surface area contributed by atoms with Gasteiger partial charge in [0, 0.05) is 38.8 Å². The Morgan fingerprint density at radius 2 is 1.84 bits per heavy atom. The molecule has 1 aliphatic heterocycles. The maximum absolute atomic E-state index is 11.5. The molecule has 1 heterocycles. The second-order valence-electron chi connectivity index (χ2n) is 6.20. The van der Waals surface area contributed by atoms with Crippen molar-refractivity contribution in [2.24, 2.45) is 5.73 Å². The number of carbonyl (C=O) groups excluding carboxylic acids is 1. The first-order valence-electron chi connectivity index (χ1n) is 7.50. The zero-order valence-corrected chi connectivity index (χ0v) is 12.3. The number of piperazine rings is 1. The van der Waals surface area contributed by atoms with E-state index in [1.54, 1.807) is 7.05 Å². The van der Waals surface area contributed by atoms with Gasteiger partial charge in [0.1, 0.15) is 5.54 Å². The van der Waals surface area contributed by atoms with Crippen LogP contribution >= 0.6 is 0 Å². The molecule has 0 spiro atoms. The Labute approximate surface area is 116 Å². The van der Waals surface area contributed by atoms with Gasteiger partial charge in [0.15, 0.2) is 0 Å². The van der Waals surface area contributed by atoms with Crippen LogP contribution in [0.4, 0.5) is 0 Å². The molecule has 0 aromatic rings. The lowest BCUT2D eigenvalue weighted by atomic mass is 10.0. The van der Waals surface area contributed by atoms with Crippen molar-refractivity contribution in [3.05, 3.63) is 0 Å². The van der Waals surface area contributed by atoms with E-state index in [0.717, 1.165) is 32.2 Å². The van der Waals surface area contributed by atoms with Gasteiger partial charge in [-0.3, -0.25) is 14.6 Å². The van der Waals surface area contributed by atoms with Gasteiger partial charge in [-0.2, -0.15) is 0 Å². The van der Waals surface area contributed by atoms with Crippen LogP contribution in [0.3, 0.4) is 0 Å². The van der Waals surface area contributed by atoms with Crippen LogP contribution in [-0.2, 0) is 4.79 Å². The van der Waals surface area contributed by atoms with Crippen LogP contribution in [0.5, 0.6) is 0 Å². The predicted octanol–water partition coefficient (Wildman–Crippen LogP) is 0.0100. The highest BCUT2D eigenvalue weighted by molar-refractivity contribution is 5.84. The summed E-state index contributed by atoms with van der Waals surface area (Å²) in [7, 11) is 1.81. The van der Waals surface area contributed by atoms with Crippen LogP contribution in [0, 0.1) is 0 Å². The third-order valence-corrected chi connectivity index (χ3v) is 4.88. The van der Waals surface area contributed by atoms with Crippen LogP contribution in [-0.4, -0.2) is 67.1 Å². The fourth-order valence-corrected chi connectivity index (χ4v) is 3.28. The average Bonchev–Trinajstić information content (AvgIpc) is 2.93. The van der Waals surface area contributed by atoms with E-state index in [-0.39, 0.29) is 5.91 Å². The van der Waals surface area contributed by atoms with Crippen molar-refractivity contribution in [2.75, 3.05) is 39.8 Å². The maximum atomic E-state index is 11.5. The summed E-state index contributed by atoms with van der Waals surface area (Å²) >= 11 is 0. The molecule has 1 aliphatic carbocycles.